The number of carboxylic acid groups (broad SMARTS) is 1. The number of nitrogens with zero attached hydrogens (tertiary/aromatic N) is 2. The summed E-state index contributed by atoms with van der Waals surface area (Å²) >= 11 is 0. The summed E-state index contributed by atoms with van der Waals surface area (Å²) in [6.45, 7) is 4.23. The number of hydrogen-bond acceptors (Lipinski definition) is 7. The first-order valence-corrected chi connectivity index (χ1v) is 15.8. The number of para-hydroxylation sites is 2. The Bertz CT molecular complexity index is 1300. The lowest BCUT2D eigenvalue weighted by molar-refractivity contribution is -0.0207. The minimum absolute atomic E-state index is 0.0800. The van der Waals surface area contributed by atoms with Gasteiger partial charge in [-0.25, -0.2) is 4.79 Å². The molecule has 4 rings (SSSR count). The van der Waals surface area contributed by atoms with Crippen molar-refractivity contribution in [3.05, 3.63) is 89.5 Å². The van der Waals surface area contributed by atoms with Crippen LogP contribution in [0.1, 0.15) is 41.9 Å². The molecule has 0 aliphatic carbocycles. The Morgan fingerprint density at radius 2 is 1.60 bits per heavy atom. The molecule has 1 fully saturated rings. The molecule has 1 aliphatic rings. The van der Waals surface area contributed by atoms with Crippen LogP contribution in [0, 0.1) is 0 Å². The highest BCUT2D eigenvalue weighted by molar-refractivity contribution is 5.65. The number of piperidine rings is 1. The zero-order chi connectivity index (χ0) is 31.9. The lowest BCUT2D eigenvalue weighted by Crippen LogP contribution is -2.46. The van der Waals surface area contributed by atoms with Crippen LogP contribution in [-0.2, 0) is 22.5 Å². The maximum absolute atomic E-state index is 11.7. The molecule has 2 atom stereocenters. The Morgan fingerprint density at radius 1 is 0.867 bits per heavy atom. The number of rotatable bonds is 18. The van der Waals surface area contributed by atoms with Gasteiger partial charge in [0, 0.05) is 24.4 Å². The third kappa shape index (κ3) is 11.0. The van der Waals surface area contributed by atoms with E-state index >= 15 is 0 Å². The normalized spacial score (nSPS) is 16.5. The summed E-state index contributed by atoms with van der Waals surface area (Å²) < 4.78 is 29.5. The molecule has 9 heteroatoms. The molecule has 9 nitrogen and oxygen atoms in total. The zero-order valence-corrected chi connectivity index (χ0v) is 26.9. The topological polar surface area (TPSA) is 89.9 Å². The van der Waals surface area contributed by atoms with Gasteiger partial charge in [0.05, 0.1) is 46.2 Å². The Kier molecular flexibility index (Phi) is 13.8. The molecule has 244 valence electrons. The molecule has 0 saturated carbocycles. The average molecular weight is 621 g/mol. The quantitative estimate of drug-likeness (QED) is 0.171. The second kappa shape index (κ2) is 18.2. The van der Waals surface area contributed by atoms with Crippen molar-refractivity contribution in [2.24, 2.45) is 0 Å². The van der Waals surface area contributed by atoms with E-state index in [1.165, 1.54) is 10.5 Å². The van der Waals surface area contributed by atoms with Gasteiger partial charge in [-0.15, -0.1) is 0 Å². The van der Waals surface area contributed by atoms with E-state index in [4.69, 9.17) is 23.7 Å². The van der Waals surface area contributed by atoms with Crippen LogP contribution in [-0.4, -0.2) is 94.4 Å². The molecular weight excluding hydrogens is 572 g/mol. The van der Waals surface area contributed by atoms with Crippen LogP contribution in [0.15, 0.2) is 72.8 Å². The number of benzene rings is 3. The summed E-state index contributed by atoms with van der Waals surface area (Å²) in [5.41, 5.74) is 3.33. The summed E-state index contributed by atoms with van der Waals surface area (Å²) in [6, 6.07) is 24.1. The lowest BCUT2D eigenvalue weighted by atomic mass is 9.87. The van der Waals surface area contributed by atoms with Crippen molar-refractivity contribution in [3.63, 3.8) is 0 Å². The van der Waals surface area contributed by atoms with Crippen molar-refractivity contribution < 1.29 is 33.6 Å². The number of carbonyl (C=O) groups is 1. The number of likely N-dealkylation sites (tertiary alicyclic amines) is 1. The van der Waals surface area contributed by atoms with E-state index in [9.17, 15) is 9.90 Å². The third-order valence-electron chi connectivity index (χ3n) is 7.99. The smallest absolute Gasteiger partial charge is 0.407 e. The maximum atomic E-state index is 11.7. The van der Waals surface area contributed by atoms with Crippen LogP contribution >= 0.6 is 0 Å². The van der Waals surface area contributed by atoms with Crippen molar-refractivity contribution in [1.29, 1.82) is 0 Å². The van der Waals surface area contributed by atoms with Gasteiger partial charge in [-0.3, -0.25) is 0 Å². The molecule has 0 aromatic heterocycles. The highest BCUT2D eigenvalue weighted by Crippen LogP contribution is 2.32. The fourth-order valence-corrected chi connectivity index (χ4v) is 5.60. The van der Waals surface area contributed by atoms with Crippen molar-refractivity contribution in [2.75, 3.05) is 67.3 Å². The monoisotopic (exact) mass is 620 g/mol. The number of methoxy groups -OCH3 is 1. The van der Waals surface area contributed by atoms with E-state index in [2.05, 4.69) is 37.2 Å². The van der Waals surface area contributed by atoms with E-state index in [0.29, 0.717) is 52.5 Å². The van der Waals surface area contributed by atoms with Gasteiger partial charge in [0.25, 0.3) is 0 Å². The van der Waals surface area contributed by atoms with Crippen LogP contribution in [0.3, 0.4) is 0 Å². The van der Waals surface area contributed by atoms with Crippen LogP contribution in [0.2, 0.25) is 0 Å². The fourth-order valence-electron chi connectivity index (χ4n) is 5.60. The maximum Gasteiger partial charge on any atom is 0.407 e. The third-order valence-corrected chi connectivity index (χ3v) is 7.99. The summed E-state index contributed by atoms with van der Waals surface area (Å²) in [6.07, 6.45) is 2.29. The van der Waals surface area contributed by atoms with Crippen molar-refractivity contribution >= 4 is 6.09 Å². The molecular formula is C36H48N2O7. The van der Waals surface area contributed by atoms with Gasteiger partial charge in [-0.1, -0.05) is 48.5 Å². The van der Waals surface area contributed by atoms with Crippen LogP contribution in [0.25, 0.3) is 0 Å². The molecule has 3 aromatic rings. The second-order valence-electron chi connectivity index (χ2n) is 11.5. The highest BCUT2D eigenvalue weighted by atomic mass is 16.5. The van der Waals surface area contributed by atoms with Gasteiger partial charge >= 0.3 is 6.09 Å². The van der Waals surface area contributed by atoms with Crippen LogP contribution in [0.4, 0.5) is 4.79 Å². The Labute approximate surface area is 267 Å². The second-order valence-corrected chi connectivity index (χ2v) is 11.5. The van der Waals surface area contributed by atoms with Gasteiger partial charge in [0.2, 0.25) is 0 Å². The molecule has 1 N–H and O–H groups in total. The van der Waals surface area contributed by atoms with Gasteiger partial charge in [0.1, 0.15) is 23.9 Å². The lowest BCUT2D eigenvalue weighted by Gasteiger charge is -2.37. The minimum atomic E-state index is -0.916. The van der Waals surface area contributed by atoms with E-state index in [1.807, 2.05) is 54.6 Å². The average Bonchev–Trinajstić information content (AvgIpc) is 3.05. The predicted molar refractivity (Wildman–Crippen MR) is 175 cm³/mol. The molecule has 45 heavy (non-hydrogen) atoms. The van der Waals surface area contributed by atoms with Gasteiger partial charge in [-0.2, -0.15) is 0 Å². The molecule has 1 heterocycles. The Balaban J connectivity index is 1.23. The molecule has 0 radical (unpaired) electrons. The summed E-state index contributed by atoms with van der Waals surface area (Å²) in [5, 5.41) is 9.63. The number of aryl methyl sites for hydroxylation is 1. The Morgan fingerprint density at radius 3 is 2.33 bits per heavy atom. The first-order valence-electron chi connectivity index (χ1n) is 15.8. The highest BCUT2D eigenvalue weighted by Gasteiger charge is 2.33. The van der Waals surface area contributed by atoms with E-state index in [1.54, 1.807) is 7.11 Å². The molecule has 1 saturated heterocycles. The number of hydrogen-bond donors (Lipinski definition) is 1. The molecule has 0 bridgehead atoms. The zero-order valence-electron chi connectivity index (χ0n) is 26.9. The molecule has 0 spiro atoms. The number of amides is 1. The standard InChI is InChI=1S/C36H48N2O7/c1-37(2)20-8-12-29-10-4-7-14-34(29)44-24-25-45-35-26-38(36(39)40)21-19-32(35)28-15-17-31(18-16-28)43-23-9-22-42-27-30-11-5-6-13-33(30)41-3/h4-7,10-11,13-18,32,35H,8-9,12,19-27H2,1-3H3,(H,39,40). The van der Waals surface area contributed by atoms with E-state index in [-0.39, 0.29) is 12.0 Å². The Hall–Kier alpha value is -3.79. The molecule has 1 amide bonds. The summed E-state index contributed by atoms with van der Waals surface area (Å²) in [4.78, 5) is 15.4. The fraction of sp³-hybridized carbons (Fsp3) is 0.472. The summed E-state index contributed by atoms with van der Waals surface area (Å²) in [5.74, 6) is 2.58. The molecule has 1 aliphatic heterocycles. The number of ether oxygens (including phenoxy) is 5. The van der Waals surface area contributed by atoms with E-state index in [0.717, 1.165) is 54.2 Å². The first-order chi connectivity index (χ1) is 21.9. The van der Waals surface area contributed by atoms with Gasteiger partial charge < -0.3 is 38.6 Å². The van der Waals surface area contributed by atoms with Crippen LogP contribution < -0.4 is 14.2 Å². The van der Waals surface area contributed by atoms with Gasteiger partial charge in [0.15, 0.2) is 0 Å². The minimum Gasteiger partial charge on any atom is -0.496 e. The van der Waals surface area contributed by atoms with Crippen LogP contribution in [0.5, 0.6) is 17.2 Å². The summed E-state index contributed by atoms with van der Waals surface area (Å²) in [7, 11) is 5.82. The SMILES string of the molecule is COc1ccccc1COCCCOc1ccc(C2CCN(C(=O)O)CC2OCCOc2ccccc2CCCN(C)C)cc1. The molecule has 3 aromatic carbocycles. The van der Waals surface area contributed by atoms with Crippen molar-refractivity contribution in [3.8, 4) is 17.2 Å². The van der Waals surface area contributed by atoms with Gasteiger partial charge in [-0.05, 0) is 75.3 Å². The predicted octanol–water partition coefficient (Wildman–Crippen LogP) is 6.11. The van der Waals surface area contributed by atoms with E-state index < -0.39 is 6.09 Å². The molecule has 2 unspecified atom stereocenters. The van der Waals surface area contributed by atoms with Crippen molar-refractivity contribution in [1.82, 2.24) is 9.80 Å². The van der Waals surface area contributed by atoms with Crippen molar-refractivity contribution in [2.45, 2.75) is 44.3 Å². The largest absolute Gasteiger partial charge is 0.496 e. The first kappa shape index (κ1) is 34.1.